The Hall–Kier alpha value is -2.08. The van der Waals surface area contributed by atoms with Gasteiger partial charge in [-0.1, -0.05) is 41.4 Å². The molecule has 0 aromatic heterocycles. The molecule has 0 saturated carbocycles. The highest BCUT2D eigenvalue weighted by Crippen LogP contribution is 2.28. The fourth-order valence-corrected chi connectivity index (χ4v) is 5.12. The van der Waals surface area contributed by atoms with Crippen molar-refractivity contribution in [3.63, 3.8) is 0 Å². The molecule has 2 saturated heterocycles. The summed E-state index contributed by atoms with van der Waals surface area (Å²) in [6, 6.07) is 12.8. The van der Waals surface area contributed by atoms with Crippen molar-refractivity contribution in [2.45, 2.75) is 38.6 Å². The van der Waals surface area contributed by atoms with E-state index in [0.717, 1.165) is 50.9 Å². The lowest BCUT2D eigenvalue weighted by molar-refractivity contribution is -0.121. The van der Waals surface area contributed by atoms with Gasteiger partial charge in [0.1, 0.15) is 0 Å². The van der Waals surface area contributed by atoms with Crippen molar-refractivity contribution >= 4 is 40.7 Å². The number of piperidine rings is 2. The van der Waals surface area contributed by atoms with Gasteiger partial charge in [-0.2, -0.15) is 0 Å². The van der Waals surface area contributed by atoms with Gasteiger partial charge in [-0.3, -0.25) is 14.5 Å². The molecule has 1 unspecified atom stereocenters. The number of nitrogens with zero attached hydrogens (tertiary/aromatic N) is 2. The van der Waals surface area contributed by atoms with Crippen LogP contribution in [0.4, 0.5) is 5.69 Å². The van der Waals surface area contributed by atoms with E-state index < -0.39 is 0 Å². The molecule has 2 fully saturated rings. The third-order valence-electron chi connectivity index (χ3n) is 6.38. The third-order valence-corrected chi connectivity index (χ3v) is 7.09. The molecule has 1 N–H and O–H groups in total. The van der Waals surface area contributed by atoms with Gasteiger partial charge >= 0.3 is 0 Å². The molecule has 5 nitrogen and oxygen atoms in total. The van der Waals surface area contributed by atoms with E-state index in [9.17, 15) is 9.59 Å². The maximum atomic E-state index is 13.1. The number of hydrogen-bond donors (Lipinski definition) is 1. The summed E-state index contributed by atoms with van der Waals surface area (Å²) in [7, 11) is 0. The Morgan fingerprint density at radius 2 is 1.62 bits per heavy atom. The van der Waals surface area contributed by atoms with Crippen LogP contribution in [0.15, 0.2) is 42.5 Å². The summed E-state index contributed by atoms with van der Waals surface area (Å²) in [6.45, 7) is 3.71. The quantitative estimate of drug-likeness (QED) is 0.625. The molecule has 2 aliphatic rings. The highest BCUT2D eigenvalue weighted by atomic mass is 35.5. The van der Waals surface area contributed by atoms with Crippen LogP contribution in [0.2, 0.25) is 10.0 Å². The molecule has 4 rings (SSSR count). The molecular weight excluding hydrogens is 445 g/mol. The van der Waals surface area contributed by atoms with Gasteiger partial charge in [-0.05, 0) is 62.9 Å². The SMILES string of the molecule is O=C(Nc1ccccc1C(=O)N1CCCCC1)C1CCCN(Cc2c(Cl)cccc2Cl)C1. The van der Waals surface area contributed by atoms with Crippen LogP contribution in [0, 0.1) is 5.92 Å². The first kappa shape index (κ1) is 23.1. The van der Waals surface area contributed by atoms with Gasteiger partial charge in [0.2, 0.25) is 5.91 Å². The zero-order valence-corrected chi connectivity index (χ0v) is 19.7. The van der Waals surface area contributed by atoms with E-state index >= 15 is 0 Å². The average molecular weight is 474 g/mol. The first-order chi connectivity index (χ1) is 15.5. The molecule has 32 heavy (non-hydrogen) atoms. The van der Waals surface area contributed by atoms with Gasteiger partial charge < -0.3 is 10.2 Å². The largest absolute Gasteiger partial charge is 0.339 e. The Labute approximate surface area is 199 Å². The highest BCUT2D eigenvalue weighted by Gasteiger charge is 2.28. The molecule has 2 aliphatic heterocycles. The van der Waals surface area contributed by atoms with Gasteiger partial charge in [-0.15, -0.1) is 0 Å². The second-order valence-electron chi connectivity index (χ2n) is 8.66. The van der Waals surface area contributed by atoms with E-state index in [-0.39, 0.29) is 17.7 Å². The number of carbonyl (C=O) groups is 2. The zero-order chi connectivity index (χ0) is 22.5. The number of halogens is 2. The molecule has 0 radical (unpaired) electrons. The minimum absolute atomic E-state index is 0.000711. The first-order valence-corrected chi connectivity index (χ1v) is 12.1. The van der Waals surface area contributed by atoms with Crippen molar-refractivity contribution in [3.05, 3.63) is 63.6 Å². The van der Waals surface area contributed by atoms with Crippen LogP contribution in [-0.4, -0.2) is 47.8 Å². The van der Waals surface area contributed by atoms with Crippen molar-refractivity contribution in [2.24, 2.45) is 5.92 Å². The van der Waals surface area contributed by atoms with Gasteiger partial charge in [0.05, 0.1) is 17.2 Å². The maximum Gasteiger partial charge on any atom is 0.255 e. The lowest BCUT2D eigenvalue weighted by Crippen LogP contribution is -2.40. The number of likely N-dealkylation sites (tertiary alicyclic amines) is 2. The lowest BCUT2D eigenvalue weighted by atomic mass is 9.96. The molecule has 0 aliphatic carbocycles. The summed E-state index contributed by atoms with van der Waals surface area (Å²) in [5, 5.41) is 4.34. The van der Waals surface area contributed by atoms with Crippen molar-refractivity contribution in [2.75, 3.05) is 31.5 Å². The van der Waals surface area contributed by atoms with E-state index in [1.54, 1.807) is 6.07 Å². The number of hydrogen-bond acceptors (Lipinski definition) is 3. The average Bonchev–Trinajstić information content (AvgIpc) is 2.82. The Morgan fingerprint density at radius 1 is 0.906 bits per heavy atom. The van der Waals surface area contributed by atoms with Crippen molar-refractivity contribution in [3.8, 4) is 0 Å². The lowest BCUT2D eigenvalue weighted by Gasteiger charge is -2.32. The number of amides is 2. The number of carbonyl (C=O) groups excluding carboxylic acids is 2. The van der Waals surface area contributed by atoms with Crippen LogP contribution in [-0.2, 0) is 11.3 Å². The van der Waals surface area contributed by atoms with Gasteiger partial charge in [0.25, 0.3) is 5.91 Å². The molecule has 2 aromatic rings. The first-order valence-electron chi connectivity index (χ1n) is 11.4. The normalized spacial score (nSPS) is 19.6. The standard InChI is InChI=1S/C25H29Cl2N3O2/c26-21-10-6-11-22(27)20(21)17-29-13-7-8-18(16-29)24(31)28-23-12-3-2-9-19(23)25(32)30-14-4-1-5-15-30/h2-3,6,9-12,18H,1,4-5,7-8,13-17H2,(H,28,31). The zero-order valence-electron chi connectivity index (χ0n) is 18.2. The fraction of sp³-hybridized carbons (Fsp3) is 0.440. The van der Waals surface area contributed by atoms with E-state index in [1.165, 1.54) is 6.42 Å². The minimum Gasteiger partial charge on any atom is -0.339 e. The van der Waals surface area contributed by atoms with Crippen LogP contribution in [0.1, 0.15) is 48.0 Å². The summed E-state index contributed by atoms with van der Waals surface area (Å²) < 4.78 is 0. The minimum atomic E-state index is -0.150. The maximum absolute atomic E-state index is 13.1. The van der Waals surface area contributed by atoms with Gasteiger partial charge in [0.15, 0.2) is 0 Å². The Balaban J connectivity index is 1.42. The Morgan fingerprint density at radius 3 is 2.38 bits per heavy atom. The van der Waals surface area contributed by atoms with Crippen molar-refractivity contribution in [1.29, 1.82) is 0 Å². The van der Waals surface area contributed by atoms with Crippen LogP contribution < -0.4 is 5.32 Å². The molecule has 7 heteroatoms. The number of benzene rings is 2. The van der Waals surface area contributed by atoms with Gasteiger partial charge in [0, 0.05) is 41.8 Å². The molecule has 1 atom stereocenters. The van der Waals surface area contributed by atoms with E-state index in [1.807, 2.05) is 41.3 Å². The summed E-state index contributed by atoms with van der Waals surface area (Å²) >= 11 is 12.7. The summed E-state index contributed by atoms with van der Waals surface area (Å²) in [5.41, 5.74) is 2.06. The van der Waals surface area contributed by atoms with Crippen LogP contribution in [0.25, 0.3) is 0 Å². The smallest absolute Gasteiger partial charge is 0.255 e. The molecule has 2 heterocycles. The van der Waals surface area contributed by atoms with Crippen LogP contribution in [0.5, 0.6) is 0 Å². The van der Waals surface area contributed by atoms with Crippen molar-refractivity contribution < 1.29 is 9.59 Å². The van der Waals surface area contributed by atoms with E-state index in [0.29, 0.717) is 34.4 Å². The Bertz CT molecular complexity index is 955. The number of rotatable bonds is 5. The second-order valence-corrected chi connectivity index (χ2v) is 9.48. The van der Waals surface area contributed by atoms with Crippen LogP contribution >= 0.6 is 23.2 Å². The summed E-state index contributed by atoms with van der Waals surface area (Å²) in [6.07, 6.45) is 4.98. The number of para-hydroxylation sites is 1. The molecule has 0 spiro atoms. The molecular formula is C25H29Cl2N3O2. The predicted molar refractivity (Wildman–Crippen MR) is 129 cm³/mol. The summed E-state index contributed by atoms with van der Waals surface area (Å²) in [5.74, 6) is -0.193. The number of nitrogens with one attached hydrogen (secondary N) is 1. The Kier molecular flexibility index (Phi) is 7.71. The monoisotopic (exact) mass is 473 g/mol. The summed E-state index contributed by atoms with van der Waals surface area (Å²) in [4.78, 5) is 30.3. The third kappa shape index (κ3) is 5.45. The fourth-order valence-electron chi connectivity index (χ4n) is 4.60. The van der Waals surface area contributed by atoms with Gasteiger partial charge in [-0.25, -0.2) is 0 Å². The van der Waals surface area contributed by atoms with E-state index in [4.69, 9.17) is 23.2 Å². The number of anilines is 1. The molecule has 170 valence electrons. The molecule has 0 bridgehead atoms. The van der Waals surface area contributed by atoms with E-state index in [2.05, 4.69) is 10.2 Å². The molecule has 2 aromatic carbocycles. The van der Waals surface area contributed by atoms with Crippen LogP contribution in [0.3, 0.4) is 0 Å². The second kappa shape index (κ2) is 10.7. The van der Waals surface area contributed by atoms with Crippen molar-refractivity contribution in [1.82, 2.24) is 9.80 Å². The topological polar surface area (TPSA) is 52.7 Å². The predicted octanol–water partition coefficient (Wildman–Crippen LogP) is 5.47. The molecule has 2 amide bonds. The highest BCUT2D eigenvalue weighted by molar-refractivity contribution is 6.35.